The van der Waals surface area contributed by atoms with Gasteiger partial charge in [-0.05, 0) is 23.8 Å². The van der Waals surface area contributed by atoms with E-state index in [0.29, 0.717) is 16.7 Å². The number of aromatic hydroxyl groups is 2. The molecule has 2 aromatic carbocycles. The minimum absolute atomic E-state index is 0.137. The third-order valence-electron chi connectivity index (χ3n) is 3.12. The average molecular weight is 270 g/mol. The van der Waals surface area contributed by atoms with E-state index in [0.717, 1.165) is 0 Å². The van der Waals surface area contributed by atoms with E-state index in [9.17, 15) is 10.2 Å². The lowest BCUT2D eigenvalue weighted by Crippen LogP contribution is -2.30. The van der Waals surface area contributed by atoms with Crippen molar-refractivity contribution < 1.29 is 10.2 Å². The summed E-state index contributed by atoms with van der Waals surface area (Å²) < 4.78 is 0. The summed E-state index contributed by atoms with van der Waals surface area (Å²) in [7, 11) is 0. The summed E-state index contributed by atoms with van der Waals surface area (Å²) in [5.74, 6) is 0.294. The Morgan fingerprint density at radius 2 is 1.60 bits per heavy atom. The third-order valence-corrected chi connectivity index (χ3v) is 3.12. The Hall–Kier alpha value is -2.30. The second-order valence-corrected chi connectivity index (χ2v) is 4.52. The zero-order chi connectivity index (χ0) is 14.5. The topological polar surface area (TPSA) is 92.5 Å². The van der Waals surface area contributed by atoms with Gasteiger partial charge >= 0.3 is 0 Å². The van der Waals surface area contributed by atoms with Crippen molar-refractivity contribution in [2.24, 2.45) is 11.5 Å². The first-order valence-corrected chi connectivity index (χ1v) is 6.37. The highest BCUT2D eigenvalue weighted by Crippen LogP contribution is 2.30. The van der Waals surface area contributed by atoms with E-state index in [1.165, 1.54) is 0 Å². The molecule has 0 heterocycles. The highest BCUT2D eigenvalue weighted by Gasteiger charge is 2.14. The summed E-state index contributed by atoms with van der Waals surface area (Å²) in [6, 6.07) is 13.4. The molecule has 1 atom stereocenters. The summed E-state index contributed by atoms with van der Waals surface area (Å²) in [6.45, 7) is 0.244. The smallest absolute Gasteiger partial charge is 0.123 e. The number of hydrogen-bond donors (Lipinski definition) is 4. The molecule has 0 spiro atoms. The first-order chi connectivity index (χ1) is 9.63. The van der Waals surface area contributed by atoms with Gasteiger partial charge in [-0.25, -0.2) is 0 Å². The summed E-state index contributed by atoms with van der Waals surface area (Å²) in [5.41, 5.74) is 13.6. The molecule has 1 unspecified atom stereocenters. The Bertz CT molecular complexity index is 623. The summed E-state index contributed by atoms with van der Waals surface area (Å²) in [5, 5.41) is 19.8. The Morgan fingerprint density at radius 1 is 1.00 bits per heavy atom. The molecule has 0 saturated heterocycles. The SMILES string of the molecule is NCC(N)C(=Cc1ccccc1O)c1ccccc1O. The Kier molecular flexibility index (Phi) is 4.40. The van der Waals surface area contributed by atoms with Crippen LogP contribution in [0.5, 0.6) is 11.5 Å². The molecular weight excluding hydrogens is 252 g/mol. The van der Waals surface area contributed by atoms with E-state index in [2.05, 4.69) is 0 Å². The van der Waals surface area contributed by atoms with Crippen molar-refractivity contribution >= 4 is 11.6 Å². The molecule has 104 valence electrons. The van der Waals surface area contributed by atoms with Crippen molar-refractivity contribution in [3.63, 3.8) is 0 Å². The molecule has 0 amide bonds. The van der Waals surface area contributed by atoms with Gasteiger partial charge in [-0.15, -0.1) is 0 Å². The van der Waals surface area contributed by atoms with Gasteiger partial charge in [0.2, 0.25) is 0 Å². The molecule has 6 N–H and O–H groups in total. The molecule has 2 aromatic rings. The van der Waals surface area contributed by atoms with Crippen LogP contribution in [0.2, 0.25) is 0 Å². The standard InChI is InChI=1S/C16H18N2O2/c17-10-14(18)13(12-6-2-4-8-16(12)20)9-11-5-1-3-7-15(11)19/h1-9,14,19-20H,10,17-18H2. The van der Waals surface area contributed by atoms with Crippen LogP contribution in [0, 0.1) is 0 Å². The highest BCUT2D eigenvalue weighted by molar-refractivity contribution is 5.87. The quantitative estimate of drug-likeness (QED) is 0.639. The van der Waals surface area contributed by atoms with Gasteiger partial charge < -0.3 is 21.7 Å². The van der Waals surface area contributed by atoms with Crippen molar-refractivity contribution in [2.75, 3.05) is 6.54 Å². The van der Waals surface area contributed by atoms with Gasteiger partial charge in [-0.3, -0.25) is 0 Å². The van der Waals surface area contributed by atoms with Gasteiger partial charge in [0.25, 0.3) is 0 Å². The van der Waals surface area contributed by atoms with Crippen LogP contribution in [0.25, 0.3) is 11.6 Å². The van der Waals surface area contributed by atoms with Gasteiger partial charge in [0.1, 0.15) is 11.5 Å². The van der Waals surface area contributed by atoms with E-state index in [4.69, 9.17) is 11.5 Å². The highest BCUT2D eigenvalue weighted by atomic mass is 16.3. The summed E-state index contributed by atoms with van der Waals surface area (Å²) in [6.07, 6.45) is 1.75. The number of rotatable bonds is 4. The van der Waals surface area contributed by atoms with E-state index < -0.39 is 6.04 Å². The van der Waals surface area contributed by atoms with E-state index in [1.54, 1.807) is 42.5 Å². The zero-order valence-corrected chi connectivity index (χ0v) is 11.0. The Morgan fingerprint density at radius 3 is 2.20 bits per heavy atom. The number of benzene rings is 2. The second kappa shape index (κ2) is 6.23. The van der Waals surface area contributed by atoms with Crippen LogP contribution in [0.4, 0.5) is 0 Å². The van der Waals surface area contributed by atoms with Gasteiger partial charge in [-0.1, -0.05) is 36.4 Å². The normalized spacial score (nSPS) is 13.2. The van der Waals surface area contributed by atoms with E-state index in [1.807, 2.05) is 12.1 Å². The molecule has 4 nitrogen and oxygen atoms in total. The number of phenols is 2. The van der Waals surface area contributed by atoms with Gasteiger partial charge in [0, 0.05) is 23.7 Å². The molecule has 2 rings (SSSR count). The number of nitrogens with two attached hydrogens (primary N) is 2. The van der Waals surface area contributed by atoms with Gasteiger partial charge in [-0.2, -0.15) is 0 Å². The molecule has 0 aliphatic heterocycles. The van der Waals surface area contributed by atoms with Crippen LogP contribution in [0.3, 0.4) is 0 Å². The minimum atomic E-state index is -0.428. The van der Waals surface area contributed by atoms with Crippen molar-refractivity contribution in [1.82, 2.24) is 0 Å². The zero-order valence-electron chi connectivity index (χ0n) is 11.0. The predicted molar refractivity (Wildman–Crippen MR) is 81.1 cm³/mol. The molecule has 0 aromatic heterocycles. The van der Waals surface area contributed by atoms with Crippen molar-refractivity contribution in [3.05, 3.63) is 59.7 Å². The van der Waals surface area contributed by atoms with Crippen LogP contribution < -0.4 is 11.5 Å². The molecule has 0 saturated carbocycles. The van der Waals surface area contributed by atoms with E-state index in [-0.39, 0.29) is 18.0 Å². The van der Waals surface area contributed by atoms with Crippen molar-refractivity contribution in [1.29, 1.82) is 0 Å². The van der Waals surface area contributed by atoms with Gasteiger partial charge in [0.05, 0.1) is 0 Å². The molecule has 0 aliphatic rings. The average Bonchev–Trinajstić information content (AvgIpc) is 2.47. The maximum Gasteiger partial charge on any atom is 0.123 e. The molecule has 4 heteroatoms. The number of phenolic OH excluding ortho intramolecular Hbond substituents is 2. The molecule has 0 aliphatic carbocycles. The molecule has 0 fully saturated rings. The van der Waals surface area contributed by atoms with Crippen molar-refractivity contribution in [2.45, 2.75) is 6.04 Å². The lowest BCUT2D eigenvalue weighted by atomic mass is 9.95. The first kappa shape index (κ1) is 14.1. The van der Waals surface area contributed by atoms with Gasteiger partial charge in [0.15, 0.2) is 0 Å². The van der Waals surface area contributed by atoms with E-state index >= 15 is 0 Å². The Balaban J connectivity index is 2.55. The Labute approximate surface area is 118 Å². The monoisotopic (exact) mass is 270 g/mol. The third kappa shape index (κ3) is 2.99. The van der Waals surface area contributed by atoms with Crippen LogP contribution in [-0.4, -0.2) is 22.8 Å². The lowest BCUT2D eigenvalue weighted by molar-refractivity contribution is 0.472. The summed E-state index contributed by atoms with van der Waals surface area (Å²) in [4.78, 5) is 0. The fourth-order valence-electron chi connectivity index (χ4n) is 2.01. The number of para-hydroxylation sites is 2. The molecule has 0 bridgehead atoms. The van der Waals surface area contributed by atoms with Crippen molar-refractivity contribution in [3.8, 4) is 11.5 Å². The van der Waals surface area contributed by atoms with Crippen LogP contribution in [0.15, 0.2) is 48.5 Å². The molecular formula is C16H18N2O2. The van der Waals surface area contributed by atoms with Crippen LogP contribution >= 0.6 is 0 Å². The fourth-order valence-corrected chi connectivity index (χ4v) is 2.01. The maximum absolute atomic E-state index is 9.97. The molecule has 0 radical (unpaired) electrons. The summed E-state index contributed by atoms with van der Waals surface area (Å²) >= 11 is 0. The largest absolute Gasteiger partial charge is 0.507 e. The lowest BCUT2D eigenvalue weighted by Gasteiger charge is -2.16. The molecule has 20 heavy (non-hydrogen) atoms. The predicted octanol–water partition coefficient (Wildman–Crippen LogP) is 1.92. The number of hydrogen-bond acceptors (Lipinski definition) is 4. The first-order valence-electron chi connectivity index (χ1n) is 6.37. The van der Waals surface area contributed by atoms with Crippen LogP contribution in [-0.2, 0) is 0 Å². The fraction of sp³-hybridized carbons (Fsp3) is 0.125. The second-order valence-electron chi connectivity index (χ2n) is 4.52. The maximum atomic E-state index is 9.97. The van der Waals surface area contributed by atoms with Crippen LogP contribution in [0.1, 0.15) is 11.1 Å². The minimum Gasteiger partial charge on any atom is -0.507 e.